The van der Waals surface area contributed by atoms with Gasteiger partial charge in [-0.2, -0.15) is 0 Å². The van der Waals surface area contributed by atoms with Crippen molar-refractivity contribution in [3.63, 3.8) is 0 Å². The lowest BCUT2D eigenvalue weighted by Crippen LogP contribution is -2.24. The van der Waals surface area contributed by atoms with E-state index in [2.05, 4.69) is 6.92 Å². The van der Waals surface area contributed by atoms with Crippen molar-refractivity contribution in [1.82, 2.24) is 4.57 Å². The molecule has 0 aliphatic rings. The number of carbonyl (C=O) groups excluding carboxylic acids is 1. The molecule has 0 aliphatic carbocycles. The van der Waals surface area contributed by atoms with Gasteiger partial charge in [0, 0.05) is 6.20 Å². The predicted octanol–water partition coefficient (Wildman–Crippen LogP) is 1.62. The summed E-state index contributed by atoms with van der Waals surface area (Å²) in [6.45, 7) is 4.15. The Morgan fingerprint density at radius 3 is 2.88 bits per heavy atom. The number of unbranched alkanes of at least 4 members (excludes halogenated alkanes) is 1. The molecular formula is C12H17NO3. The number of Topliss-reactive ketones (excluding diaryl/α,β-unsaturated/α-hetero) is 1. The number of hydrogen-bond donors (Lipinski definition) is 0. The second-order valence-corrected chi connectivity index (χ2v) is 3.71. The molecule has 0 unspecified atom stereocenters. The normalized spacial score (nSPS) is 10.1. The Balaban J connectivity index is 2.78. The third-order valence-corrected chi connectivity index (χ3v) is 2.13. The Morgan fingerprint density at radius 2 is 2.25 bits per heavy atom. The Hall–Kier alpha value is -1.58. The molecule has 0 N–H and O–H groups in total. The molecule has 1 aromatic rings. The zero-order chi connectivity index (χ0) is 12.0. The van der Waals surface area contributed by atoms with Crippen molar-refractivity contribution in [1.29, 1.82) is 0 Å². The number of ether oxygens (including phenoxy) is 1. The number of aromatic nitrogens is 1. The Labute approximate surface area is 94.9 Å². The van der Waals surface area contributed by atoms with Gasteiger partial charge in [-0.3, -0.25) is 9.59 Å². The molecule has 88 valence electrons. The van der Waals surface area contributed by atoms with Crippen LogP contribution in [-0.4, -0.2) is 17.0 Å². The van der Waals surface area contributed by atoms with Crippen LogP contribution in [0.3, 0.4) is 0 Å². The van der Waals surface area contributed by atoms with Gasteiger partial charge < -0.3 is 9.30 Å². The van der Waals surface area contributed by atoms with Crippen molar-refractivity contribution < 1.29 is 9.53 Å². The fraction of sp³-hybridized carbons (Fsp3) is 0.500. The Morgan fingerprint density at radius 1 is 1.50 bits per heavy atom. The second-order valence-electron chi connectivity index (χ2n) is 3.71. The number of hydrogen-bond acceptors (Lipinski definition) is 3. The summed E-state index contributed by atoms with van der Waals surface area (Å²) in [6.07, 6.45) is 3.53. The highest BCUT2D eigenvalue weighted by Gasteiger charge is 2.05. The summed E-state index contributed by atoms with van der Waals surface area (Å²) in [6, 6.07) is 3.35. The minimum absolute atomic E-state index is 0.0483. The molecule has 4 nitrogen and oxygen atoms in total. The van der Waals surface area contributed by atoms with Crippen LogP contribution in [0.15, 0.2) is 23.1 Å². The van der Waals surface area contributed by atoms with Crippen molar-refractivity contribution >= 4 is 5.78 Å². The second kappa shape index (κ2) is 6.10. The smallest absolute Gasteiger partial charge is 0.293 e. The Bertz CT molecular complexity index is 409. The molecule has 16 heavy (non-hydrogen) atoms. The van der Waals surface area contributed by atoms with Gasteiger partial charge >= 0.3 is 0 Å². The Kier molecular flexibility index (Phi) is 4.76. The first-order valence-corrected chi connectivity index (χ1v) is 5.47. The summed E-state index contributed by atoms with van der Waals surface area (Å²) in [5.74, 6) is 0.269. The van der Waals surface area contributed by atoms with Crippen molar-refractivity contribution in [3.05, 3.63) is 28.7 Å². The van der Waals surface area contributed by atoms with E-state index in [-0.39, 0.29) is 17.9 Å². The first-order chi connectivity index (χ1) is 7.65. The van der Waals surface area contributed by atoms with Gasteiger partial charge in [-0.1, -0.05) is 13.3 Å². The summed E-state index contributed by atoms with van der Waals surface area (Å²) < 4.78 is 6.72. The van der Waals surface area contributed by atoms with Crippen LogP contribution >= 0.6 is 0 Å². The summed E-state index contributed by atoms with van der Waals surface area (Å²) >= 11 is 0. The first-order valence-electron chi connectivity index (χ1n) is 5.47. The quantitative estimate of drug-likeness (QED) is 0.688. The largest absolute Gasteiger partial charge is 0.488 e. The minimum Gasteiger partial charge on any atom is -0.488 e. The lowest BCUT2D eigenvalue weighted by atomic mass is 10.3. The highest BCUT2D eigenvalue weighted by molar-refractivity contribution is 5.75. The molecule has 1 aromatic heterocycles. The molecular weight excluding hydrogens is 206 g/mol. The molecule has 0 atom stereocenters. The van der Waals surface area contributed by atoms with Crippen LogP contribution < -0.4 is 10.3 Å². The summed E-state index contributed by atoms with van der Waals surface area (Å²) in [4.78, 5) is 22.7. The standard InChI is InChI=1S/C12H17NO3/c1-3-4-8-16-11-6-5-7-13(12(11)15)9-10(2)14/h5-7H,3-4,8-9H2,1-2H3. The number of ketones is 1. The highest BCUT2D eigenvalue weighted by atomic mass is 16.5. The average molecular weight is 223 g/mol. The third kappa shape index (κ3) is 3.53. The molecule has 0 aromatic carbocycles. The maximum Gasteiger partial charge on any atom is 0.293 e. The zero-order valence-corrected chi connectivity index (χ0v) is 9.73. The average Bonchev–Trinajstić information content (AvgIpc) is 2.23. The number of nitrogens with zero attached hydrogens (tertiary/aromatic N) is 1. The number of carbonyl (C=O) groups is 1. The SMILES string of the molecule is CCCCOc1cccn(CC(C)=O)c1=O. The molecule has 0 fully saturated rings. The van der Waals surface area contributed by atoms with Crippen LogP contribution in [0.2, 0.25) is 0 Å². The van der Waals surface area contributed by atoms with Crippen LogP contribution in [0.25, 0.3) is 0 Å². The van der Waals surface area contributed by atoms with Gasteiger partial charge in [0.1, 0.15) is 5.78 Å². The van der Waals surface area contributed by atoms with Gasteiger partial charge in [-0.25, -0.2) is 0 Å². The summed E-state index contributed by atoms with van der Waals surface area (Å²) in [5.41, 5.74) is -0.242. The van der Waals surface area contributed by atoms with Crippen LogP contribution in [0, 0.1) is 0 Å². The van der Waals surface area contributed by atoms with Gasteiger partial charge in [0.25, 0.3) is 5.56 Å². The van der Waals surface area contributed by atoms with Crippen molar-refractivity contribution in [3.8, 4) is 5.75 Å². The molecule has 0 saturated heterocycles. The van der Waals surface area contributed by atoms with Crippen LogP contribution in [0.1, 0.15) is 26.7 Å². The van der Waals surface area contributed by atoms with Gasteiger partial charge in [0.2, 0.25) is 0 Å². The van der Waals surface area contributed by atoms with Crippen LogP contribution in [0.5, 0.6) is 5.75 Å². The van der Waals surface area contributed by atoms with Gasteiger partial charge in [0.05, 0.1) is 13.2 Å². The third-order valence-electron chi connectivity index (χ3n) is 2.13. The predicted molar refractivity (Wildman–Crippen MR) is 61.8 cm³/mol. The van der Waals surface area contributed by atoms with E-state index in [0.717, 1.165) is 12.8 Å². The summed E-state index contributed by atoms with van der Waals surface area (Å²) in [5, 5.41) is 0. The van der Waals surface area contributed by atoms with Gasteiger partial charge in [-0.05, 0) is 25.5 Å². The summed E-state index contributed by atoms with van der Waals surface area (Å²) in [7, 11) is 0. The van der Waals surface area contributed by atoms with E-state index in [9.17, 15) is 9.59 Å². The molecule has 0 spiro atoms. The monoisotopic (exact) mass is 223 g/mol. The molecule has 4 heteroatoms. The fourth-order valence-electron chi connectivity index (χ4n) is 1.32. The first kappa shape index (κ1) is 12.5. The zero-order valence-electron chi connectivity index (χ0n) is 9.73. The highest BCUT2D eigenvalue weighted by Crippen LogP contribution is 2.03. The van der Waals surface area contributed by atoms with Crippen molar-refractivity contribution in [2.75, 3.05) is 6.61 Å². The van der Waals surface area contributed by atoms with Crippen LogP contribution in [0.4, 0.5) is 0 Å². The maximum absolute atomic E-state index is 11.8. The fourth-order valence-corrected chi connectivity index (χ4v) is 1.32. The maximum atomic E-state index is 11.8. The van der Waals surface area contributed by atoms with Gasteiger partial charge in [0.15, 0.2) is 5.75 Å². The molecule has 1 rings (SSSR count). The number of pyridine rings is 1. The molecule has 0 bridgehead atoms. The minimum atomic E-state index is -0.242. The van der Waals surface area contributed by atoms with E-state index in [1.165, 1.54) is 11.5 Å². The van der Waals surface area contributed by atoms with Crippen LogP contribution in [-0.2, 0) is 11.3 Å². The van der Waals surface area contributed by atoms with Crippen molar-refractivity contribution in [2.45, 2.75) is 33.2 Å². The molecule has 1 heterocycles. The van der Waals surface area contributed by atoms with Crippen molar-refractivity contribution in [2.24, 2.45) is 0 Å². The lowest BCUT2D eigenvalue weighted by Gasteiger charge is -2.07. The number of rotatable bonds is 6. The lowest BCUT2D eigenvalue weighted by molar-refractivity contribution is -0.117. The van der Waals surface area contributed by atoms with E-state index >= 15 is 0 Å². The topological polar surface area (TPSA) is 48.3 Å². The van der Waals surface area contributed by atoms with E-state index in [1.54, 1.807) is 18.3 Å². The molecule has 0 saturated carbocycles. The molecule has 0 aliphatic heterocycles. The molecule has 0 amide bonds. The molecule has 0 radical (unpaired) electrons. The van der Waals surface area contributed by atoms with E-state index in [0.29, 0.717) is 12.4 Å². The van der Waals surface area contributed by atoms with E-state index in [1.807, 2.05) is 0 Å². The van der Waals surface area contributed by atoms with E-state index in [4.69, 9.17) is 4.74 Å². The van der Waals surface area contributed by atoms with Gasteiger partial charge in [-0.15, -0.1) is 0 Å². The van der Waals surface area contributed by atoms with E-state index < -0.39 is 0 Å².